The molecule has 8 heteroatoms. The number of rotatable bonds is 4. The van der Waals surface area contributed by atoms with Gasteiger partial charge < -0.3 is 10.5 Å². The summed E-state index contributed by atoms with van der Waals surface area (Å²) in [6.07, 6.45) is 0. The largest absolute Gasteiger partial charge is 0.425 e. The van der Waals surface area contributed by atoms with Crippen molar-refractivity contribution in [3.63, 3.8) is 0 Å². The van der Waals surface area contributed by atoms with Crippen molar-refractivity contribution >= 4 is 17.2 Å². The number of carbonyl (C=O) groups excluding carboxylic acids is 1. The number of nitro groups is 1. The van der Waals surface area contributed by atoms with Crippen molar-refractivity contribution in [2.75, 3.05) is 5.73 Å². The number of ether oxygens (including phenoxy) is 1. The molecule has 0 aromatic heterocycles. The fourth-order valence-electron chi connectivity index (χ4n) is 1.25. The molecule has 0 fully saturated rings. The Bertz CT molecular complexity index is 476. The van der Waals surface area contributed by atoms with Crippen LogP contribution < -0.4 is 10.5 Å². The highest BCUT2D eigenvalue weighted by atomic mass is 19.3. The number of ketones is 1. The van der Waals surface area contributed by atoms with Gasteiger partial charge in [0.1, 0.15) is 0 Å². The summed E-state index contributed by atoms with van der Waals surface area (Å²) in [6, 6.07) is 1.99. The van der Waals surface area contributed by atoms with Crippen LogP contribution in [0, 0.1) is 10.1 Å². The smallest absolute Gasteiger partial charge is 0.387 e. The minimum atomic E-state index is -3.27. The second-order valence-electron chi connectivity index (χ2n) is 3.07. The molecule has 0 saturated heterocycles. The number of hydrogen-bond acceptors (Lipinski definition) is 5. The minimum Gasteiger partial charge on any atom is -0.425 e. The first-order valence-electron chi connectivity index (χ1n) is 4.37. The monoisotopic (exact) mass is 246 g/mol. The van der Waals surface area contributed by atoms with Gasteiger partial charge in [0.05, 0.1) is 10.6 Å². The quantitative estimate of drug-likeness (QED) is 0.379. The van der Waals surface area contributed by atoms with E-state index in [1.54, 1.807) is 0 Å². The maximum atomic E-state index is 12.1. The predicted octanol–water partition coefficient (Wildman–Crippen LogP) is 1.98. The van der Waals surface area contributed by atoms with Gasteiger partial charge in [-0.1, -0.05) is 0 Å². The second-order valence-corrected chi connectivity index (χ2v) is 3.07. The molecule has 6 nitrogen and oxygen atoms in total. The lowest BCUT2D eigenvalue weighted by Gasteiger charge is -2.10. The van der Waals surface area contributed by atoms with Crippen molar-refractivity contribution in [2.24, 2.45) is 0 Å². The molecule has 0 aliphatic rings. The third-order valence-corrected chi connectivity index (χ3v) is 1.96. The second kappa shape index (κ2) is 4.73. The van der Waals surface area contributed by atoms with E-state index < -0.39 is 34.4 Å². The Morgan fingerprint density at radius 1 is 1.53 bits per heavy atom. The predicted molar refractivity (Wildman–Crippen MR) is 54.1 cm³/mol. The molecule has 0 radical (unpaired) electrons. The molecular weight excluding hydrogens is 238 g/mol. The molecule has 0 heterocycles. The first kappa shape index (κ1) is 12.8. The molecule has 92 valence electrons. The number of benzene rings is 1. The van der Waals surface area contributed by atoms with Crippen LogP contribution in [0.25, 0.3) is 0 Å². The van der Waals surface area contributed by atoms with Gasteiger partial charge in [0.25, 0.3) is 0 Å². The third kappa shape index (κ3) is 2.65. The Labute approximate surface area is 94.1 Å². The summed E-state index contributed by atoms with van der Waals surface area (Å²) >= 11 is 0. The molecule has 0 atom stereocenters. The molecule has 0 aliphatic carbocycles. The number of hydrogen-bond donors (Lipinski definition) is 1. The van der Waals surface area contributed by atoms with Crippen LogP contribution >= 0.6 is 0 Å². The Balaban J connectivity index is 3.41. The third-order valence-electron chi connectivity index (χ3n) is 1.96. The number of halogens is 2. The van der Waals surface area contributed by atoms with E-state index in [-0.39, 0.29) is 5.56 Å². The van der Waals surface area contributed by atoms with Crippen LogP contribution in [0.5, 0.6) is 5.75 Å². The molecule has 0 spiro atoms. The van der Waals surface area contributed by atoms with Gasteiger partial charge in [-0.3, -0.25) is 14.9 Å². The number of nitro benzene ring substituents is 1. The van der Waals surface area contributed by atoms with Gasteiger partial charge in [0.15, 0.2) is 5.78 Å². The number of nitrogen functional groups attached to an aromatic ring is 1. The number of Topliss-reactive ketones (excluding diaryl/α,β-unsaturated/α-hetero) is 1. The van der Waals surface area contributed by atoms with Gasteiger partial charge in [-0.05, 0) is 13.0 Å². The van der Waals surface area contributed by atoms with Crippen LogP contribution in [0.1, 0.15) is 17.3 Å². The van der Waals surface area contributed by atoms with E-state index in [2.05, 4.69) is 4.74 Å². The van der Waals surface area contributed by atoms with E-state index in [1.807, 2.05) is 0 Å². The Morgan fingerprint density at radius 2 is 2.12 bits per heavy atom. The van der Waals surface area contributed by atoms with Gasteiger partial charge in [-0.15, -0.1) is 0 Å². The molecule has 1 aromatic carbocycles. The maximum absolute atomic E-state index is 12.1. The van der Waals surface area contributed by atoms with E-state index in [1.165, 1.54) is 0 Å². The fraction of sp³-hybridized carbons (Fsp3) is 0.222. The molecule has 0 bridgehead atoms. The van der Waals surface area contributed by atoms with Crippen LogP contribution in [0.15, 0.2) is 12.1 Å². The molecule has 0 saturated carbocycles. The molecular formula is C9H8F2N2O4. The molecule has 0 unspecified atom stereocenters. The molecule has 0 aliphatic heterocycles. The Morgan fingerprint density at radius 3 is 2.53 bits per heavy atom. The van der Waals surface area contributed by atoms with E-state index in [9.17, 15) is 23.7 Å². The van der Waals surface area contributed by atoms with Crippen LogP contribution in [0.2, 0.25) is 0 Å². The highest BCUT2D eigenvalue weighted by molar-refractivity contribution is 6.01. The molecule has 1 rings (SSSR count). The number of nitrogens with zero attached hydrogens (tertiary/aromatic N) is 1. The molecule has 2 N–H and O–H groups in total. The van der Waals surface area contributed by atoms with Crippen molar-refractivity contribution in [1.82, 2.24) is 0 Å². The van der Waals surface area contributed by atoms with Crippen molar-refractivity contribution in [2.45, 2.75) is 13.5 Å². The van der Waals surface area contributed by atoms with Crippen molar-refractivity contribution < 1.29 is 23.2 Å². The van der Waals surface area contributed by atoms with Crippen molar-refractivity contribution in [1.29, 1.82) is 0 Å². The molecule has 1 aromatic rings. The summed E-state index contributed by atoms with van der Waals surface area (Å²) in [4.78, 5) is 20.8. The van der Waals surface area contributed by atoms with Crippen molar-refractivity contribution in [3.8, 4) is 5.75 Å². The summed E-state index contributed by atoms with van der Waals surface area (Å²) in [6.45, 7) is -2.11. The first-order valence-corrected chi connectivity index (χ1v) is 4.37. The van der Waals surface area contributed by atoms with Crippen molar-refractivity contribution in [3.05, 3.63) is 27.8 Å². The summed E-state index contributed by atoms with van der Waals surface area (Å²) in [5.41, 5.74) is 4.10. The number of nitrogens with two attached hydrogens (primary N) is 1. The highest BCUT2D eigenvalue weighted by Crippen LogP contribution is 2.36. The van der Waals surface area contributed by atoms with Gasteiger partial charge in [0, 0.05) is 11.6 Å². The van der Waals surface area contributed by atoms with Gasteiger partial charge in [-0.2, -0.15) is 8.78 Å². The standard InChI is InChI=1S/C9H8F2N2O4/c1-4(14)5-2-3-6(13(15)16)8(7(5)12)17-9(10)11/h2-3,9H,12H2,1H3. The first-order chi connectivity index (χ1) is 7.84. The van der Waals surface area contributed by atoms with E-state index >= 15 is 0 Å². The normalized spacial score (nSPS) is 10.4. The van der Waals surface area contributed by atoms with E-state index in [0.717, 1.165) is 19.1 Å². The summed E-state index contributed by atoms with van der Waals surface area (Å²) in [7, 11) is 0. The lowest BCUT2D eigenvalue weighted by atomic mass is 10.1. The average molecular weight is 246 g/mol. The maximum Gasteiger partial charge on any atom is 0.387 e. The Kier molecular flexibility index (Phi) is 3.56. The van der Waals surface area contributed by atoms with Crippen LogP contribution in [0.3, 0.4) is 0 Å². The lowest BCUT2D eigenvalue weighted by molar-refractivity contribution is -0.386. The summed E-state index contributed by atoms with van der Waals surface area (Å²) in [5, 5.41) is 10.6. The van der Waals surface area contributed by atoms with Gasteiger partial charge in [-0.25, -0.2) is 0 Å². The van der Waals surface area contributed by atoms with Crippen LogP contribution in [-0.2, 0) is 0 Å². The fourth-order valence-corrected chi connectivity index (χ4v) is 1.25. The lowest BCUT2D eigenvalue weighted by Crippen LogP contribution is -2.10. The average Bonchev–Trinajstić information content (AvgIpc) is 2.19. The number of alkyl halides is 2. The number of carbonyl (C=O) groups is 1. The minimum absolute atomic E-state index is 0.105. The summed E-state index contributed by atoms with van der Waals surface area (Å²) < 4.78 is 28.2. The number of anilines is 1. The van der Waals surface area contributed by atoms with E-state index in [4.69, 9.17) is 5.73 Å². The van der Waals surface area contributed by atoms with Gasteiger partial charge >= 0.3 is 12.3 Å². The SMILES string of the molecule is CC(=O)c1ccc([N+](=O)[O-])c(OC(F)F)c1N. The molecule has 0 amide bonds. The summed E-state index contributed by atoms with van der Waals surface area (Å²) in [5.74, 6) is -1.30. The molecule has 17 heavy (non-hydrogen) atoms. The zero-order valence-electron chi connectivity index (χ0n) is 8.65. The van der Waals surface area contributed by atoms with E-state index in [0.29, 0.717) is 0 Å². The zero-order chi connectivity index (χ0) is 13.2. The van der Waals surface area contributed by atoms with Crippen LogP contribution in [-0.4, -0.2) is 17.3 Å². The Hall–Kier alpha value is -2.25. The highest BCUT2D eigenvalue weighted by Gasteiger charge is 2.24. The van der Waals surface area contributed by atoms with Crippen LogP contribution in [0.4, 0.5) is 20.2 Å². The van der Waals surface area contributed by atoms with Gasteiger partial charge in [0.2, 0.25) is 5.75 Å². The topological polar surface area (TPSA) is 95.5 Å². The zero-order valence-corrected chi connectivity index (χ0v) is 8.65.